The molecule has 0 spiro atoms. The Labute approximate surface area is 171 Å². The maximum atomic E-state index is 12.3. The smallest absolute Gasteiger partial charge is 0.271 e. The number of hydrogen-bond acceptors (Lipinski definition) is 5. The van der Waals surface area contributed by atoms with E-state index in [0.717, 1.165) is 11.0 Å². The molecule has 1 amide bonds. The molecule has 0 aliphatic heterocycles. The predicted molar refractivity (Wildman–Crippen MR) is 112 cm³/mol. The first-order valence-electron chi connectivity index (χ1n) is 8.66. The topological polar surface area (TPSA) is 91.5 Å². The van der Waals surface area contributed by atoms with Crippen LogP contribution in [0, 0.1) is 4.77 Å². The van der Waals surface area contributed by atoms with Gasteiger partial charge in [-0.25, -0.2) is 5.43 Å². The third-order valence-electron chi connectivity index (χ3n) is 3.78. The second kappa shape index (κ2) is 8.90. The van der Waals surface area contributed by atoms with Crippen molar-refractivity contribution in [3.8, 4) is 11.5 Å². The van der Waals surface area contributed by atoms with Gasteiger partial charge in [0.25, 0.3) is 5.91 Å². The van der Waals surface area contributed by atoms with Crippen molar-refractivity contribution in [2.75, 3.05) is 13.2 Å². The Morgan fingerprint density at radius 1 is 1.18 bits per heavy atom. The van der Waals surface area contributed by atoms with Crippen LogP contribution in [-0.4, -0.2) is 35.3 Å². The van der Waals surface area contributed by atoms with Crippen molar-refractivity contribution in [3.63, 3.8) is 0 Å². The van der Waals surface area contributed by atoms with Crippen molar-refractivity contribution < 1.29 is 14.3 Å². The molecule has 0 atom stereocenters. The normalized spacial score (nSPS) is 11.1. The number of rotatable bonds is 7. The van der Waals surface area contributed by atoms with Crippen LogP contribution in [0.2, 0.25) is 5.02 Å². The van der Waals surface area contributed by atoms with Crippen LogP contribution in [-0.2, 0) is 0 Å². The van der Waals surface area contributed by atoms with Crippen molar-refractivity contribution in [3.05, 3.63) is 51.3 Å². The van der Waals surface area contributed by atoms with Crippen molar-refractivity contribution in [1.29, 1.82) is 0 Å². The largest absolute Gasteiger partial charge is 0.490 e. The first-order valence-corrected chi connectivity index (χ1v) is 9.45. The van der Waals surface area contributed by atoms with Gasteiger partial charge in [0, 0.05) is 5.56 Å². The lowest BCUT2D eigenvalue weighted by molar-refractivity contribution is 0.0955. The lowest BCUT2D eigenvalue weighted by atomic mass is 10.2. The monoisotopic (exact) mass is 418 g/mol. The van der Waals surface area contributed by atoms with Gasteiger partial charge in [-0.3, -0.25) is 4.79 Å². The molecule has 3 aromatic rings. The van der Waals surface area contributed by atoms with Gasteiger partial charge in [0.2, 0.25) is 0 Å². The quantitative estimate of drug-likeness (QED) is 0.300. The fourth-order valence-corrected chi connectivity index (χ4v) is 3.11. The molecule has 0 unspecified atom stereocenters. The molecule has 0 aliphatic carbocycles. The third kappa shape index (κ3) is 4.52. The molecule has 3 rings (SSSR count). The van der Waals surface area contributed by atoms with E-state index in [4.69, 9.17) is 33.3 Å². The number of carbonyl (C=O) groups excluding carboxylic acids is 1. The molecule has 9 heteroatoms. The molecule has 0 radical (unpaired) electrons. The van der Waals surface area contributed by atoms with Gasteiger partial charge in [0.15, 0.2) is 16.3 Å². The number of H-pyrrole nitrogens is 2. The summed E-state index contributed by atoms with van der Waals surface area (Å²) >= 11 is 11.3. The molecule has 0 bridgehead atoms. The number of benzene rings is 2. The number of halogens is 1. The highest BCUT2D eigenvalue weighted by Crippen LogP contribution is 2.36. The van der Waals surface area contributed by atoms with Crippen LogP contribution in [0.3, 0.4) is 0 Å². The third-order valence-corrected chi connectivity index (χ3v) is 4.26. The van der Waals surface area contributed by atoms with E-state index in [9.17, 15) is 4.79 Å². The van der Waals surface area contributed by atoms with Crippen molar-refractivity contribution >= 4 is 47.0 Å². The number of fused-ring (bicyclic) bond motifs is 1. The Bertz CT molecular complexity index is 1090. The summed E-state index contributed by atoms with van der Waals surface area (Å²) in [5.74, 6) is 0.669. The number of hydrogen-bond donors (Lipinski definition) is 3. The lowest BCUT2D eigenvalue weighted by Gasteiger charge is -2.13. The zero-order valence-electron chi connectivity index (χ0n) is 15.3. The number of hydrazone groups is 1. The molecule has 0 aliphatic rings. The van der Waals surface area contributed by atoms with E-state index in [2.05, 4.69) is 20.5 Å². The summed E-state index contributed by atoms with van der Waals surface area (Å²) in [6.45, 7) is 4.69. The minimum Gasteiger partial charge on any atom is -0.490 e. The van der Waals surface area contributed by atoms with E-state index in [1.165, 1.54) is 6.21 Å². The molecule has 2 aromatic carbocycles. The highest BCUT2D eigenvalue weighted by molar-refractivity contribution is 7.71. The number of imidazole rings is 1. The van der Waals surface area contributed by atoms with Gasteiger partial charge in [0.1, 0.15) is 0 Å². The van der Waals surface area contributed by atoms with Crippen LogP contribution in [0.5, 0.6) is 11.5 Å². The SMILES string of the molecule is CCOc1cc(/C=N\NC(=O)c2ccc3[nH]c(=S)[nH]c3c2)cc(Cl)c1OCC. The van der Waals surface area contributed by atoms with Crippen LogP contribution >= 0.6 is 23.8 Å². The van der Waals surface area contributed by atoms with Crippen LogP contribution in [0.25, 0.3) is 11.0 Å². The summed E-state index contributed by atoms with van der Waals surface area (Å²) in [5, 5.41) is 4.41. The first kappa shape index (κ1) is 19.9. The molecule has 1 aromatic heterocycles. The van der Waals surface area contributed by atoms with Crippen molar-refractivity contribution in [2.24, 2.45) is 5.10 Å². The predicted octanol–water partition coefficient (Wildman–Crippen LogP) is 4.44. The highest BCUT2D eigenvalue weighted by atomic mass is 35.5. The van der Waals surface area contributed by atoms with E-state index in [1.54, 1.807) is 30.3 Å². The molecule has 28 heavy (non-hydrogen) atoms. The standard InChI is InChI=1S/C19H19ClN4O3S/c1-3-26-16-8-11(7-13(20)17(16)27-4-2)10-21-24-18(25)12-5-6-14-15(9-12)23-19(28)22-14/h5-10H,3-4H2,1-2H3,(H,24,25)(H2,22,23,28)/b21-10-. The second-order valence-corrected chi connectivity index (χ2v) is 6.55. The number of carbonyl (C=O) groups is 1. The number of amides is 1. The van der Waals surface area contributed by atoms with Crippen molar-refractivity contribution in [2.45, 2.75) is 13.8 Å². The molecule has 1 heterocycles. The molecule has 3 N–H and O–H groups in total. The summed E-state index contributed by atoms with van der Waals surface area (Å²) < 4.78 is 11.6. The van der Waals surface area contributed by atoms with Crippen molar-refractivity contribution in [1.82, 2.24) is 15.4 Å². The summed E-state index contributed by atoms with van der Waals surface area (Å²) in [5.41, 5.74) is 5.20. The number of aromatic amines is 2. The number of nitrogens with one attached hydrogen (secondary N) is 3. The van der Waals surface area contributed by atoms with Gasteiger partial charge < -0.3 is 19.4 Å². The van der Waals surface area contributed by atoms with Gasteiger partial charge in [-0.1, -0.05) is 11.6 Å². The Kier molecular flexibility index (Phi) is 6.33. The van der Waals surface area contributed by atoms with Gasteiger partial charge in [-0.05, 0) is 62.0 Å². The highest BCUT2D eigenvalue weighted by Gasteiger charge is 2.12. The molecule has 146 valence electrons. The van der Waals surface area contributed by atoms with Crippen LogP contribution in [0.1, 0.15) is 29.8 Å². The van der Waals surface area contributed by atoms with Gasteiger partial charge in [0.05, 0.1) is 35.5 Å². The zero-order valence-corrected chi connectivity index (χ0v) is 16.9. The van der Waals surface area contributed by atoms with E-state index >= 15 is 0 Å². The minimum absolute atomic E-state index is 0.347. The number of aromatic nitrogens is 2. The molecule has 0 fully saturated rings. The maximum absolute atomic E-state index is 12.3. The fraction of sp³-hybridized carbons (Fsp3) is 0.211. The zero-order chi connectivity index (χ0) is 20.1. The summed E-state index contributed by atoms with van der Waals surface area (Å²) in [6, 6.07) is 8.61. The average Bonchev–Trinajstić information content (AvgIpc) is 3.03. The number of nitrogens with zero attached hydrogens (tertiary/aromatic N) is 1. The lowest BCUT2D eigenvalue weighted by Crippen LogP contribution is -2.17. The maximum Gasteiger partial charge on any atom is 0.271 e. The van der Waals surface area contributed by atoms with E-state index < -0.39 is 0 Å². The number of ether oxygens (including phenoxy) is 2. The Balaban J connectivity index is 1.75. The Hall–Kier alpha value is -2.84. The van der Waals surface area contributed by atoms with E-state index in [-0.39, 0.29) is 5.91 Å². The first-order chi connectivity index (χ1) is 13.5. The molecular weight excluding hydrogens is 400 g/mol. The summed E-state index contributed by atoms with van der Waals surface area (Å²) in [7, 11) is 0. The molecular formula is C19H19ClN4O3S. The molecule has 0 saturated carbocycles. The van der Waals surface area contributed by atoms with Crippen LogP contribution in [0.15, 0.2) is 35.4 Å². The average molecular weight is 419 g/mol. The second-order valence-electron chi connectivity index (χ2n) is 5.73. The van der Waals surface area contributed by atoms with Crippen LogP contribution < -0.4 is 14.9 Å². The van der Waals surface area contributed by atoms with E-state index in [1.807, 2.05) is 13.8 Å². The molecule has 7 nitrogen and oxygen atoms in total. The fourth-order valence-electron chi connectivity index (χ4n) is 2.61. The molecule has 0 saturated heterocycles. The van der Waals surface area contributed by atoms with Gasteiger partial charge in [-0.2, -0.15) is 5.10 Å². The summed E-state index contributed by atoms with van der Waals surface area (Å²) in [4.78, 5) is 18.3. The Morgan fingerprint density at radius 3 is 2.68 bits per heavy atom. The van der Waals surface area contributed by atoms with E-state index in [0.29, 0.717) is 45.6 Å². The minimum atomic E-state index is -0.347. The van der Waals surface area contributed by atoms with Gasteiger partial charge in [-0.15, -0.1) is 0 Å². The Morgan fingerprint density at radius 2 is 1.93 bits per heavy atom. The summed E-state index contributed by atoms with van der Waals surface area (Å²) in [6.07, 6.45) is 1.49. The van der Waals surface area contributed by atoms with Crippen LogP contribution in [0.4, 0.5) is 0 Å². The van der Waals surface area contributed by atoms with Gasteiger partial charge >= 0.3 is 0 Å².